The zero-order chi connectivity index (χ0) is 14.0. The quantitative estimate of drug-likeness (QED) is 0.824. The van der Waals surface area contributed by atoms with Crippen LogP contribution in [0.25, 0.3) is 10.1 Å². The Morgan fingerprint density at radius 3 is 2.47 bits per heavy atom. The van der Waals surface area contributed by atoms with E-state index < -0.39 is 0 Å². The predicted octanol–water partition coefficient (Wildman–Crippen LogP) is 4.83. The van der Waals surface area contributed by atoms with E-state index >= 15 is 0 Å². The van der Waals surface area contributed by atoms with Gasteiger partial charge in [0.1, 0.15) is 0 Å². The third-order valence-electron chi connectivity index (χ3n) is 3.68. The van der Waals surface area contributed by atoms with E-state index in [2.05, 4.69) is 52.1 Å². The molecule has 0 saturated carbocycles. The molecular weight excluding hydrogens is 250 g/mol. The number of benzene rings is 1. The lowest BCUT2D eigenvalue weighted by Gasteiger charge is -2.07. The van der Waals surface area contributed by atoms with Crippen LogP contribution in [0.3, 0.4) is 0 Å². The highest BCUT2D eigenvalue weighted by molar-refractivity contribution is 7.19. The SMILES string of the molecule is CCc1c(CNCC(C)C)sc2cc(C)c(C)cc12. The van der Waals surface area contributed by atoms with Crippen LogP contribution in [0.2, 0.25) is 0 Å². The zero-order valence-electron chi connectivity index (χ0n) is 12.8. The molecule has 0 unspecified atom stereocenters. The van der Waals surface area contributed by atoms with Crippen molar-refractivity contribution in [2.24, 2.45) is 5.92 Å². The molecular formula is C17H25NS. The maximum atomic E-state index is 3.58. The molecule has 2 heteroatoms. The number of hydrogen-bond donors (Lipinski definition) is 1. The van der Waals surface area contributed by atoms with Crippen molar-refractivity contribution in [1.29, 1.82) is 0 Å². The van der Waals surface area contributed by atoms with Gasteiger partial charge in [0, 0.05) is 16.1 Å². The minimum Gasteiger partial charge on any atom is -0.312 e. The first-order chi connectivity index (χ1) is 9.02. The predicted molar refractivity (Wildman–Crippen MR) is 87.2 cm³/mol. The summed E-state index contributed by atoms with van der Waals surface area (Å²) in [7, 11) is 0. The van der Waals surface area contributed by atoms with E-state index in [1.165, 1.54) is 26.1 Å². The first-order valence-electron chi connectivity index (χ1n) is 7.25. The Kier molecular flexibility index (Phi) is 4.64. The summed E-state index contributed by atoms with van der Waals surface area (Å²) in [5.74, 6) is 0.712. The van der Waals surface area contributed by atoms with Crippen molar-refractivity contribution < 1.29 is 0 Å². The molecule has 1 N–H and O–H groups in total. The molecule has 0 spiro atoms. The molecule has 0 atom stereocenters. The van der Waals surface area contributed by atoms with Crippen LogP contribution >= 0.6 is 11.3 Å². The first-order valence-corrected chi connectivity index (χ1v) is 8.06. The maximum absolute atomic E-state index is 3.58. The summed E-state index contributed by atoms with van der Waals surface area (Å²) < 4.78 is 1.45. The minimum absolute atomic E-state index is 0.712. The lowest BCUT2D eigenvalue weighted by molar-refractivity contribution is 0.554. The standard InChI is InChI=1S/C17H25NS/c1-6-14-15-7-12(4)13(5)8-16(15)19-17(14)10-18-9-11(2)3/h7-8,11,18H,6,9-10H2,1-5H3. The zero-order valence-corrected chi connectivity index (χ0v) is 13.6. The highest BCUT2D eigenvalue weighted by atomic mass is 32.1. The second kappa shape index (κ2) is 6.06. The fourth-order valence-corrected chi connectivity index (χ4v) is 3.80. The van der Waals surface area contributed by atoms with Crippen molar-refractivity contribution in [2.75, 3.05) is 6.54 Å². The monoisotopic (exact) mass is 275 g/mol. The van der Waals surface area contributed by atoms with Gasteiger partial charge < -0.3 is 5.32 Å². The van der Waals surface area contributed by atoms with Gasteiger partial charge in [-0.05, 0) is 60.9 Å². The average molecular weight is 275 g/mol. The van der Waals surface area contributed by atoms with Gasteiger partial charge in [-0.3, -0.25) is 0 Å². The van der Waals surface area contributed by atoms with Gasteiger partial charge in [-0.25, -0.2) is 0 Å². The topological polar surface area (TPSA) is 12.0 Å². The Hall–Kier alpha value is -0.860. The Morgan fingerprint density at radius 1 is 1.16 bits per heavy atom. The summed E-state index contributed by atoms with van der Waals surface area (Å²) >= 11 is 1.96. The second-order valence-corrected chi connectivity index (χ2v) is 6.95. The summed E-state index contributed by atoms with van der Waals surface area (Å²) in [6.07, 6.45) is 1.13. The number of fused-ring (bicyclic) bond motifs is 1. The van der Waals surface area contributed by atoms with E-state index in [1.807, 2.05) is 11.3 Å². The van der Waals surface area contributed by atoms with Gasteiger partial charge in [-0.15, -0.1) is 11.3 Å². The molecule has 1 nitrogen and oxygen atoms in total. The van der Waals surface area contributed by atoms with Crippen molar-refractivity contribution in [3.8, 4) is 0 Å². The third-order valence-corrected chi connectivity index (χ3v) is 4.88. The van der Waals surface area contributed by atoms with E-state index in [4.69, 9.17) is 0 Å². The molecule has 2 aromatic rings. The van der Waals surface area contributed by atoms with Crippen LogP contribution in [-0.2, 0) is 13.0 Å². The molecule has 0 radical (unpaired) electrons. The molecule has 2 rings (SSSR count). The van der Waals surface area contributed by atoms with Crippen LogP contribution in [0.4, 0.5) is 0 Å². The number of thiophene rings is 1. The molecule has 0 saturated heterocycles. The van der Waals surface area contributed by atoms with Gasteiger partial charge in [-0.2, -0.15) is 0 Å². The van der Waals surface area contributed by atoms with Gasteiger partial charge >= 0.3 is 0 Å². The minimum atomic E-state index is 0.712. The Bertz CT molecular complexity index is 566. The lowest BCUT2D eigenvalue weighted by Crippen LogP contribution is -2.18. The van der Waals surface area contributed by atoms with Crippen LogP contribution in [0, 0.1) is 19.8 Å². The number of hydrogen-bond acceptors (Lipinski definition) is 2. The molecule has 0 aliphatic rings. The average Bonchev–Trinajstić information content (AvgIpc) is 2.66. The van der Waals surface area contributed by atoms with E-state index in [9.17, 15) is 0 Å². The molecule has 19 heavy (non-hydrogen) atoms. The van der Waals surface area contributed by atoms with Crippen LogP contribution in [0.15, 0.2) is 12.1 Å². The summed E-state index contributed by atoms with van der Waals surface area (Å²) in [5, 5.41) is 5.05. The van der Waals surface area contributed by atoms with Crippen LogP contribution < -0.4 is 5.32 Å². The van der Waals surface area contributed by atoms with Crippen LogP contribution in [-0.4, -0.2) is 6.54 Å². The first kappa shape index (κ1) is 14.5. The molecule has 0 bridgehead atoms. The van der Waals surface area contributed by atoms with Gasteiger partial charge in [0.05, 0.1) is 0 Å². The molecule has 0 fully saturated rings. The van der Waals surface area contributed by atoms with E-state index in [0.29, 0.717) is 5.92 Å². The summed E-state index contributed by atoms with van der Waals surface area (Å²) in [6, 6.07) is 4.71. The molecule has 0 amide bonds. The van der Waals surface area contributed by atoms with Crippen LogP contribution in [0.5, 0.6) is 0 Å². The fraction of sp³-hybridized carbons (Fsp3) is 0.529. The van der Waals surface area contributed by atoms with Gasteiger partial charge in [-0.1, -0.05) is 26.8 Å². The number of aryl methyl sites for hydroxylation is 3. The molecule has 1 heterocycles. The smallest absolute Gasteiger partial charge is 0.0351 e. The maximum Gasteiger partial charge on any atom is 0.0351 e. The van der Waals surface area contributed by atoms with E-state index in [-0.39, 0.29) is 0 Å². The molecule has 104 valence electrons. The molecule has 0 aliphatic heterocycles. The normalized spacial score (nSPS) is 11.7. The van der Waals surface area contributed by atoms with Gasteiger partial charge in [0.25, 0.3) is 0 Å². The van der Waals surface area contributed by atoms with Crippen molar-refractivity contribution in [1.82, 2.24) is 5.32 Å². The van der Waals surface area contributed by atoms with E-state index in [1.54, 1.807) is 5.56 Å². The van der Waals surface area contributed by atoms with E-state index in [0.717, 1.165) is 19.5 Å². The third kappa shape index (κ3) is 3.18. The number of nitrogens with one attached hydrogen (secondary N) is 1. The highest BCUT2D eigenvalue weighted by Crippen LogP contribution is 2.33. The lowest BCUT2D eigenvalue weighted by atomic mass is 10.0. The molecule has 1 aromatic heterocycles. The molecule has 0 aliphatic carbocycles. The summed E-state index contributed by atoms with van der Waals surface area (Å²) in [5.41, 5.74) is 4.35. The Morgan fingerprint density at radius 2 is 1.84 bits per heavy atom. The van der Waals surface area contributed by atoms with Crippen molar-refractivity contribution in [3.05, 3.63) is 33.7 Å². The van der Waals surface area contributed by atoms with Crippen molar-refractivity contribution in [3.63, 3.8) is 0 Å². The Balaban J connectivity index is 2.33. The largest absolute Gasteiger partial charge is 0.312 e. The summed E-state index contributed by atoms with van der Waals surface area (Å²) in [4.78, 5) is 1.52. The van der Waals surface area contributed by atoms with Crippen LogP contribution in [0.1, 0.15) is 42.3 Å². The number of rotatable bonds is 5. The highest BCUT2D eigenvalue weighted by Gasteiger charge is 2.11. The second-order valence-electron chi connectivity index (χ2n) is 5.81. The summed E-state index contributed by atoms with van der Waals surface area (Å²) in [6.45, 7) is 13.3. The van der Waals surface area contributed by atoms with Crippen molar-refractivity contribution in [2.45, 2.75) is 47.6 Å². The Labute approximate surface area is 121 Å². The van der Waals surface area contributed by atoms with Crippen molar-refractivity contribution >= 4 is 21.4 Å². The fourth-order valence-electron chi connectivity index (χ4n) is 2.46. The van der Waals surface area contributed by atoms with Gasteiger partial charge in [0.2, 0.25) is 0 Å². The molecule has 1 aromatic carbocycles. The van der Waals surface area contributed by atoms with Gasteiger partial charge in [0.15, 0.2) is 0 Å².